The number of piperidine rings is 1. The maximum absolute atomic E-state index is 12.8. The number of ether oxygens (including phenoxy) is 1. The molecule has 0 radical (unpaired) electrons. The third-order valence-corrected chi connectivity index (χ3v) is 5.16. The molecular weight excluding hydrogens is 292 g/mol. The molecule has 0 aromatic carbocycles. The van der Waals surface area contributed by atoms with Crippen LogP contribution in [-0.2, 0) is 11.8 Å². The van der Waals surface area contributed by atoms with Crippen molar-refractivity contribution in [1.29, 1.82) is 0 Å². The van der Waals surface area contributed by atoms with Crippen LogP contribution in [0.3, 0.4) is 0 Å². The molecule has 2 aliphatic heterocycles. The van der Waals surface area contributed by atoms with E-state index in [4.69, 9.17) is 4.74 Å². The van der Waals surface area contributed by atoms with Gasteiger partial charge in [-0.05, 0) is 26.7 Å². The van der Waals surface area contributed by atoms with Gasteiger partial charge < -0.3 is 14.2 Å². The molecular formula is C17H28N4O2. The summed E-state index contributed by atoms with van der Waals surface area (Å²) < 4.78 is 7.71. The van der Waals surface area contributed by atoms with E-state index in [1.165, 1.54) is 0 Å². The predicted octanol–water partition coefficient (Wildman–Crippen LogP) is 1.38. The Hall–Kier alpha value is -1.40. The average Bonchev–Trinajstić information content (AvgIpc) is 2.85. The Balaban J connectivity index is 1.76. The molecule has 2 aliphatic rings. The summed E-state index contributed by atoms with van der Waals surface area (Å²) in [5.41, 5.74) is 0.0554. The predicted molar refractivity (Wildman–Crippen MR) is 88.3 cm³/mol. The minimum atomic E-state index is 0.0388. The zero-order valence-electron chi connectivity index (χ0n) is 14.5. The van der Waals surface area contributed by atoms with Crippen molar-refractivity contribution >= 4 is 5.91 Å². The fraction of sp³-hybridized carbons (Fsp3) is 0.765. The highest BCUT2D eigenvalue weighted by molar-refractivity contribution is 5.90. The fourth-order valence-electron chi connectivity index (χ4n) is 3.81. The largest absolute Gasteiger partial charge is 0.379 e. The smallest absolute Gasteiger partial charge is 0.289 e. The van der Waals surface area contributed by atoms with E-state index in [1.54, 1.807) is 10.8 Å². The normalized spacial score (nSPS) is 26.7. The van der Waals surface area contributed by atoms with Gasteiger partial charge in [0.25, 0.3) is 5.91 Å². The van der Waals surface area contributed by atoms with E-state index in [2.05, 4.69) is 23.7 Å². The fourth-order valence-corrected chi connectivity index (χ4v) is 3.81. The number of aromatic nitrogens is 2. The van der Waals surface area contributed by atoms with Crippen molar-refractivity contribution in [3.8, 4) is 0 Å². The Labute approximate surface area is 138 Å². The van der Waals surface area contributed by atoms with Gasteiger partial charge >= 0.3 is 0 Å². The van der Waals surface area contributed by atoms with E-state index in [-0.39, 0.29) is 11.3 Å². The molecule has 0 N–H and O–H groups in total. The molecule has 1 spiro atoms. The number of likely N-dealkylation sites (tertiary alicyclic amines) is 1. The van der Waals surface area contributed by atoms with E-state index in [1.807, 2.05) is 18.1 Å². The van der Waals surface area contributed by atoms with Gasteiger partial charge in [-0.2, -0.15) is 0 Å². The van der Waals surface area contributed by atoms with Crippen molar-refractivity contribution in [2.24, 2.45) is 12.5 Å². The number of amides is 1. The molecule has 0 saturated carbocycles. The van der Waals surface area contributed by atoms with Gasteiger partial charge in [-0.15, -0.1) is 0 Å². The maximum Gasteiger partial charge on any atom is 0.289 e. The highest BCUT2D eigenvalue weighted by Gasteiger charge is 2.41. The lowest BCUT2D eigenvalue weighted by atomic mass is 9.79. The number of aryl methyl sites for hydroxylation is 1. The van der Waals surface area contributed by atoms with Crippen molar-refractivity contribution < 1.29 is 9.53 Å². The van der Waals surface area contributed by atoms with Gasteiger partial charge in [-0.1, -0.05) is 0 Å². The Morgan fingerprint density at radius 1 is 1.35 bits per heavy atom. The van der Waals surface area contributed by atoms with Crippen molar-refractivity contribution in [3.05, 3.63) is 18.2 Å². The Bertz CT molecular complexity index is 557. The van der Waals surface area contributed by atoms with Crippen LogP contribution >= 0.6 is 0 Å². The lowest BCUT2D eigenvalue weighted by Gasteiger charge is -2.44. The summed E-state index contributed by atoms with van der Waals surface area (Å²) in [7, 11) is 1.87. The number of hydrogen-bond donors (Lipinski definition) is 0. The summed E-state index contributed by atoms with van der Waals surface area (Å²) in [5, 5.41) is 0. The van der Waals surface area contributed by atoms with E-state index >= 15 is 0 Å². The standard InChI is InChI=1S/C17H28N4O2/c1-14(2)20-9-10-23-13-17(11-20)5-4-7-21(12-17)16(22)15-18-6-8-19(15)3/h6,8,14H,4-5,7,9-13H2,1-3H3/t17-/m1/s1. The van der Waals surface area contributed by atoms with Gasteiger partial charge in [-0.25, -0.2) is 4.98 Å². The second-order valence-electron chi connectivity index (χ2n) is 7.31. The van der Waals surface area contributed by atoms with Crippen molar-refractivity contribution in [3.63, 3.8) is 0 Å². The molecule has 6 nitrogen and oxygen atoms in total. The second-order valence-corrected chi connectivity index (χ2v) is 7.31. The number of nitrogens with zero attached hydrogens (tertiary/aromatic N) is 4. The molecule has 2 saturated heterocycles. The summed E-state index contributed by atoms with van der Waals surface area (Å²) in [4.78, 5) is 21.5. The quantitative estimate of drug-likeness (QED) is 0.826. The van der Waals surface area contributed by atoms with E-state index in [9.17, 15) is 4.79 Å². The highest BCUT2D eigenvalue weighted by atomic mass is 16.5. The molecule has 1 amide bonds. The van der Waals surface area contributed by atoms with Crippen LogP contribution < -0.4 is 0 Å². The molecule has 0 unspecified atom stereocenters. The molecule has 0 aliphatic carbocycles. The van der Waals surface area contributed by atoms with Crippen LogP contribution in [0.5, 0.6) is 0 Å². The first kappa shape index (κ1) is 16.5. The first-order valence-electron chi connectivity index (χ1n) is 8.59. The van der Waals surface area contributed by atoms with Crippen molar-refractivity contribution in [2.75, 3.05) is 39.4 Å². The lowest BCUT2D eigenvalue weighted by molar-refractivity contribution is 0.00512. The summed E-state index contributed by atoms with van der Waals surface area (Å²) in [6.45, 7) is 9.57. The maximum atomic E-state index is 12.8. The molecule has 3 rings (SSSR count). The third kappa shape index (κ3) is 3.43. The van der Waals surface area contributed by atoms with E-state index in [0.717, 1.165) is 52.2 Å². The summed E-state index contributed by atoms with van der Waals surface area (Å²) >= 11 is 0. The number of imidazole rings is 1. The Morgan fingerprint density at radius 3 is 2.87 bits per heavy atom. The summed E-state index contributed by atoms with van der Waals surface area (Å²) in [5.74, 6) is 0.564. The molecule has 1 atom stereocenters. The Kier molecular flexibility index (Phi) is 4.73. The van der Waals surface area contributed by atoms with E-state index < -0.39 is 0 Å². The van der Waals surface area contributed by atoms with Crippen LogP contribution in [0, 0.1) is 5.41 Å². The molecule has 6 heteroatoms. The molecule has 1 aromatic heterocycles. The number of carbonyl (C=O) groups is 1. The molecule has 1 aromatic rings. The highest BCUT2D eigenvalue weighted by Crippen LogP contribution is 2.34. The Morgan fingerprint density at radius 2 is 2.17 bits per heavy atom. The first-order valence-corrected chi connectivity index (χ1v) is 8.59. The molecule has 3 heterocycles. The molecule has 0 bridgehead atoms. The van der Waals surface area contributed by atoms with Gasteiger partial charge in [0.05, 0.1) is 13.2 Å². The van der Waals surface area contributed by atoms with Crippen LogP contribution in [0.4, 0.5) is 0 Å². The monoisotopic (exact) mass is 320 g/mol. The zero-order valence-corrected chi connectivity index (χ0v) is 14.5. The first-order chi connectivity index (χ1) is 11.0. The number of rotatable bonds is 2. The van der Waals surface area contributed by atoms with Crippen LogP contribution in [0.1, 0.15) is 37.3 Å². The van der Waals surface area contributed by atoms with Gasteiger partial charge in [0.2, 0.25) is 0 Å². The topological polar surface area (TPSA) is 50.6 Å². The molecule has 2 fully saturated rings. The van der Waals surface area contributed by atoms with Crippen LogP contribution in [0.15, 0.2) is 12.4 Å². The minimum Gasteiger partial charge on any atom is -0.379 e. The number of hydrogen-bond acceptors (Lipinski definition) is 4. The zero-order chi connectivity index (χ0) is 16.4. The van der Waals surface area contributed by atoms with E-state index in [0.29, 0.717) is 11.9 Å². The average molecular weight is 320 g/mol. The SMILES string of the molecule is CC(C)N1CCOC[C@]2(CCCN(C(=O)c3nccn3C)C2)C1. The molecule has 128 valence electrons. The lowest BCUT2D eigenvalue weighted by Crippen LogP contribution is -2.53. The van der Waals surface area contributed by atoms with Gasteiger partial charge in [0, 0.05) is 57.1 Å². The van der Waals surface area contributed by atoms with Gasteiger partial charge in [0.1, 0.15) is 0 Å². The van der Waals surface area contributed by atoms with Gasteiger partial charge in [0.15, 0.2) is 5.82 Å². The van der Waals surface area contributed by atoms with Crippen LogP contribution in [0.25, 0.3) is 0 Å². The van der Waals surface area contributed by atoms with Crippen LogP contribution in [0.2, 0.25) is 0 Å². The summed E-state index contributed by atoms with van der Waals surface area (Å²) in [6.07, 6.45) is 5.66. The second kappa shape index (κ2) is 6.61. The third-order valence-electron chi connectivity index (χ3n) is 5.16. The number of carbonyl (C=O) groups excluding carboxylic acids is 1. The minimum absolute atomic E-state index is 0.0388. The van der Waals surface area contributed by atoms with Crippen LogP contribution in [-0.4, -0.2) is 70.7 Å². The summed E-state index contributed by atoms with van der Waals surface area (Å²) in [6, 6.07) is 0.509. The van der Waals surface area contributed by atoms with Crippen molar-refractivity contribution in [1.82, 2.24) is 19.4 Å². The van der Waals surface area contributed by atoms with Crippen molar-refractivity contribution in [2.45, 2.75) is 32.7 Å². The van der Waals surface area contributed by atoms with Gasteiger partial charge in [-0.3, -0.25) is 9.69 Å². The molecule has 23 heavy (non-hydrogen) atoms.